The summed E-state index contributed by atoms with van der Waals surface area (Å²) < 4.78 is 2.06. The standard InChI is InChI=1S/C18H20ClN5O/c19-15-3-1-2-14(12-15)16-13-21-18-17(20-4-5-24(16)18)23-8-6-22(7-9-23)10-11-25/h1-5,12-13,25H,6-11H2. The van der Waals surface area contributed by atoms with Gasteiger partial charge in [0.05, 0.1) is 18.5 Å². The second kappa shape index (κ2) is 7.00. The summed E-state index contributed by atoms with van der Waals surface area (Å²) in [4.78, 5) is 13.7. The van der Waals surface area contributed by atoms with E-state index in [1.807, 2.05) is 42.9 Å². The lowest BCUT2D eigenvalue weighted by Crippen LogP contribution is -2.47. The van der Waals surface area contributed by atoms with Crippen molar-refractivity contribution >= 4 is 23.1 Å². The number of fused-ring (bicyclic) bond motifs is 1. The van der Waals surface area contributed by atoms with Crippen LogP contribution >= 0.6 is 11.6 Å². The lowest BCUT2D eigenvalue weighted by Gasteiger charge is -2.35. The number of β-amino-alcohol motifs (C(OH)–C–C–N with tert-alkyl or cyclic N) is 1. The van der Waals surface area contributed by atoms with Gasteiger partial charge < -0.3 is 10.0 Å². The SMILES string of the molecule is OCCN1CCN(c2nccn3c(-c4cccc(Cl)c4)cnc23)CC1. The van der Waals surface area contributed by atoms with Crippen LogP contribution in [0.4, 0.5) is 5.82 Å². The van der Waals surface area contributed by atoms with Gasteiger partial charge in [0.25, 0.3) is 0 Å². The summed E-state index contributed by atoms with van der Waals surface area (Å²) in [5.74, 6) is 0.902. The number of hydrogen-bond acceptors (Lipinski definition) is 5. The van der Waals surface area contributed by atoms with Crippen LogP contribution in [-0.4, -0.2) is 63.7 Å². The Morgan fingerprint density at radius 3 is 2.72 bits per heavy atom. The van der Waals surface area contributed by atoms with Gasteiger partial charge >= 0.3 is 0 Å². The topological polar surface area (TPSA) is 56.9 Å². The summed E-state index contributed by atoms with van der Waals surface area (Å²) in [6.07, 6.45) is 5.62. The highest BCUT2D eigenvalue weighted by Gasteiger charge is 2.21. The Morgan fingerprint density at radius 1 is 1.12 bits per heavy atom. The predicted octanol–water partition coefficient (Wildman–Crippen LogP) is 2.16. The lowest BCUT2D eigenvalue weighted by molar-refractivity contribution is 0.188. The van der Waals surface area contributed by atoms with E-state index >= 15 is 0 Å². The third-order valence-corrected chi connectivity index (χ3v) is 4.85. The van der Waals surface area contributed by atoms with Gasteiger partial charge in [0.15, 0.2) is 11.5 Å². The first-order valence-electron chi connectivity index (χ1n) is 8.42. The summed E-state index contributed by atoms with van der Waals surface area (Å²) in [5.41, 5.74) is 2.89. The van der Waals surface area contributed by atoms with Crippen molar-refractivity contribution in [2.45, 2.75) is 0 Å². The minimum atomic E-state index is 0.205. The molecule has 1 saturated heterocycles. The Balaban J connectivity index is 1.66. The molecule has 7 heteroatoms. The molecule has 0 saturated carbocycles. The second-order valence-corrected chi connectivity index (χ2v) is 6.59. The predicted molar refractivity (Wildman–Crippen MR) is 99.2 cm³/mol. The molecule has 2 aromatic heterocycles. The summed E-state index contributed by atoms with van der Waals surface area (Å²) in [5, 5.41) is 9.79. The quantitative estimate of drug-likeness (QED) is 0.775. The highest BCUT2D eigenvalue weighted by Crippen LogP contribution is 2.27. The molecule has 1 aromatic carbocycles. The van der Waals surface area contributed by atoms with Crippen LogP contribution in [0.15, 0.2) is 42.9 Å². The summed E-state index contributed by atoms with van der Waals surface area (Å²) in [6.45, 7) is 4.54. The monoisotopic (exact) mass is 357 g/mol. The van der Waals surface area contributed by atoms with Crippen molar-refractivity contribution in [3.8, 4) is 11.3 Å². The van der Waals surface area contributed by atoms with E-state index in [1.54, 1.807) is 0 Å². The van der Waals surface area contributed by atoms with Gasteiger partial charge in [-0.05, 0) is 12.1 Å². The van der Waals surface area contributed by atoms with Crippen molar-refractivity contribution in [2.24, 2.45) is 0 Å². The third kappa shape index (κ3) is 3.20. The van der Waals surface area contributed by atoms with Crippen LogP contribution in [-0.2, 0) is 0 Å². The molecule has 0 bridgehead atoms. The second-order valence-electron chi connectivity index (χ2n) is 6.15. The van der Waals surface area contributed by atoms with Crippen LogP contribution < -0.4 is 4.90 Å². The molecule has 0 radical (unpaired) electrons. The zero-order chi connectivity index (χ0) is 17.2. The van der Waals surface area contributed by atoms with Crippen LogP contribution in [0.1, 0.15) is 0 Å². The van der Waals surface area contributed by atoms with Crippen molar-refractivity contribution in [1.29, 1.82) is 0 Å². The number of aliphatic hydroxyl groups is 1. The Hall–Kier alpha value is -2.15. The van der Waals surface area contributed by atoms with E-state index in [2.05, 4.69) is 24.2 Å². The number of aliphatic hydroxyl groups excluding tert-OH is 1. The van der Waals surface area contributed by atoms with Gasteiger partial charge in [-0.15, -0.1) is 0 Å². The van der Waals surface area contributed by atoms with E-state index < -0.39 is 0 Å². The zero-order valence-electron chi connectivity index (χ0n) is 13.8. The molecule has 1 aliphatic rings. The fourth-order valence-electron chi connectivity index (χ4n) is 3.31. The highest BCUT2D eigenvalue weighted by molar-refractivity contribution is 6.30. The average Bonchev–Trinajstić information content (AvgIpc) is 3.07. The van der Waals surface area contributed by atoms with Crippen LogP contribution in [0.5, 0.6) is 0 Å². The molecule has 1 N–H and O–H groups in total. The van der Waals surface area contributed by atoms with Gasteiger partial charge in [-0.25, -0.2) is 9.97 Å². The van der Waals surface area contributed by atoms with Gasteiger partial charge in [0.1, 0.15) is 0 Å². The average molecular weight is 358 g/mol. The van der Waals surface area contributed by atoms with E-state index in [1.165, 1.54) is 0 Å². The molecule has 1 fully saturated rings. The number of benzene rings is 1. The molecule has 6 nitrogen and oxygen atoms in total. The van der Waals surface area contributed by atoms with Crippen LogP contribution in [0.2, 0.25) is 5.02 Å². The van der Waals surface area contributed by atoms with E-state index in [-0.39, 0.29) is 6.61 Å². The van der Waals surface area contributed by atoms with Crippen molar-refractivity contribution in [1.82, 2.24) is 19.3 Å². The first kappa shape index (κ1) is 16.3. The van der Waals surface area contributed by atoms with Crippen LogP contribution in [0, 0.1) is 0 Å². The molecular formula is C18H20ClN5O. The first-order valence-corrected chi connectivity index (χ1v) is 8.80. The Labute approximate surface area is 151 Å². The van der Waals surface area contributed by atoms with E-state index in [0.29, 0.717) is 5.02 Å². The molecular weight excluding hydrogens is 338 g/mol. The minimum absolute atomic E-state index is 0.205. The molecule has 0 aliphatic carbocycles. The van der Waals surface area contributed by atoms with Crippen LogP contribution in [0.3, 0.4) is 0 Å². The minimum Gasteiger partial charge on any atom is -0.395 e. The molecule has 0 spiro atoms. The van der Waals surface area contributed by atoms with Gasteiger partial charge in [-0.3, -0.25) is 9.30 Å². The lowest BCUT2D eigenvalue weighted by atomic mass is 10.2. The number of anilines is 1. The zero-order valence-corrected chi connectivity index (χ0v) is 14.6. The third-order valence-electron chi connectivity index (χ3n) is 4.62. The molecule has 0 atom stereocenters. The Bertz CT molecular complexity index is 873. The number of nitrogens with zero attached hydrogens (tertiary/aromatic N) is 5. The van der Waals surface area contributed by atoms with Crippen LogP contribution in [0.25, 0.3) is 16.9 Å². The molecule has 3 heterocycles. The number of hydrogen-bond donors (Lipinski definition) is 1. The highest BCUT2D eigenvalue weighted by atomic mass is 35.5. The van der Waals surface area contributed by atoms with E-state index in [9.17, 15) is 0 Å². The molecule has 25 heavy (non-hydrogen) atoms. The normalized spacial score (nSPS) is 15.8. The molecule has 4 rings (SSSR count). The number of imidazole rings is 1. The van der Waals surface area contributed by atoms with Crippen molar-refractivity contribution in [3.05, 3.63) is 47.9 Å². The van der Waals surface area contributed by atoms with Gasteiger partial charge in [-0.2, -0.15) is 0 Å². The summed E-state index contributed by atoms with van der Waals surface area (Å²) in [6, 6.07) is 7.79. The largest absolute Gasteiger partial charge is 0.395 e. The van der Waals surface area contributed by atoms with Crippen molar-refractivity contribution < 1.29 is 5.11 Å². The van der Waals surface area contributed by atoms with E-state index in [4.69, 9.17) is 16.7 Å². The van der Waals surface area contributed by atoms with Crippen molar-refractivity contribution in [3.63, 3.8) is 0 Å². The molecule has 0 amide bonds. The molecule has 1 aliphatic heterocycles. The molecule has 3 aromatic rings. The number of rotatable bonds is 4. The summed E-state index contributed by atoms with van der Waals surface area (Å²) >= 11 is 6.13. The van der Waals surface area contributed by atoms with E-state index in [0.717, 1.165) is 55.4 Å². The summed E-state index contributed by atoms with van der Waals surface area (Å²) in [7, 11) is 0. The van der Waals surface area contributed by atoms with Crippen molar-refractivity contribution in [2.75, 3.05) is 44.2 Å². The molecule has 0 unspecified atom stereocenters. The maximum absolute atomic E-state index is 9.08. The fourth-order valence-corrected chi connectivity index (χ4v) is 3.50. The number of aromatic nitrogens is 3. The fraction of sp³-hybridized carbons (Fsp3) is 0.333. The Morgan fingerprint density at radius 2 is 1.96 bits per heavy atom. The van der Waals surface area contributed by atoms with Gasteiger partial charge in [-0.1, -0.05) is 23.7 Å². The van der Waals surface area contributed by atoms with Gasteiger partial charge in [0, 0.05) is 55.7 Å². The molecule has 130 valence electrons. The number of piperazine rings is 1. The van der Waals surface area contributed by atoms with Gasteiger partial charge in [0.2, 0.25) is 0 Å². The maximum atomic E-state index is 9.08. The maximum Gasteiger partial charge on any atom is 0.180 e. The first-order chi connectivity index (χ1) is 12.3. The smallest absolute Gasteiger partial charge is 0.180 e. The Kier molecular flexibility index (Phi) is 4.57. The number of halogens is 1.